The molecule has 2 amide bonds. The predicted molar refractivity (Wildman–Crippen MR) is 76.8 cm³/mol. The second-order valence-electron chi connectivity index (χ2n) is 5.25. The molecular formula is C15H15N3O3. The fourth-order valence-electron chi connectivity index (χ4n) is 2.67. The highest BCUT2D eigenvalue weighted by Crippen LogP contribution is 2.18. The van der Waals surface area contributed by atoms with Crippen LogP contribution >= 0.6 is 0 Å². The Morgan fingerprint density at radius 2 is 2.10 bits per heavy atom. The van der Waals surface area contributed by atoms with E-state index in [1.54, 1.807) is 12.1 Å². The van der Waals surface area contributed by atoms with Crippen molar-refractivity contribution in [3.05, 3.63) is 40.4 Å². The Labute approximate surface area is 120 Å². The SMILES string of the molecule is Cc1cccc2c(=O)n(C3CCCC(=O)NC3=O)cnc12. The van der Waals surface area contributed by atoms with E-state index in [1.165, 1.54) is 10.9 Å². The number of benzene rings is 1. The minimum atomic E-state index is -0.679. The van der Waals surface area contributed by atoms with Crippen molar-refractivity contribution in [2.75, 3.05) is 0 Å². The van der Waals surface area contributed by atoms with E-state index in [0.717, 1.165) is 5.56 Å². The van der Waals surface area contributed by atoms with Crippen LogP contribution in [0.5, 0.6) is 0 Å². The van der Waals surface area contributed by atoms with E-state index >= 15 is 0 Å². The molecule has 1 aromatic heterocycles. The largest absolute Gasteiger partial charge is 0.295 e. The summed E-state index contributed by atoms with van der Waals surface area (Å²) in [5, 5.41) is 2.80. The molecule has 1 aliphatic rings. The van der Waals surface area contributed by atoms with E-state index in [0.29, 0.717) is 30.2 Å². The Morgan fingerprint density at radius 1 is 1.29 bits per heavy atom. The quantitative estimate of drug-likeness (QED) is 0.795. The van der Waals surface area contributed by atoms with Crippen molar-refractivity contribution in [2.45, 2.75) is 32.2 Å². The molecular weight excluding hydrogens is 270 g/mol. The Hall–Kier alpha value is -2.50. The molecule has 0 saturated carbocycles. The molecule has 108 valence electrons. The van der Waals surface area contributed by atoms with Crippen LogP contribution in [0, 0.1) is 6.92 Å². The van der Waals surface area contributed by atoms with E-state index in [4.69, 9.17) is 0 Å². The lowest BCUT2D eigenvalue weighted by atomic mass is 10.1. The van der Waals surface area contributed by atoms with Gasteiger partial charge < -0.3 is 0 Å². The van der Waals surface area contributed by atoms with Crippen molar-refractivity contribution in [3.63, 3.8) is 0 Å². The minimum Gasteiger partial charge on any atom is -0.295 e. The molecule has 2 aromatic rings. The van der Waals surface area contributed by atoms with Crippen molar-refractivity contribution >= 4 is 22.7 Å². The molecule has 1 atom stereocenters. The first-order valence-corrected chi connectivity index (χ1v) is 6.88. The summed E-state index contributed by atoms with van der Waals surface area (Å²) in [6.07, 6.45) is 2.73. The number of para-hydroxylation sites is 1. The van der Waals surface area contributed by atoms with Gasteiger partial charge in [0, 0.05) is 6.42 Å². The van der Waals surface area contributed by atoms with Gasteiger partial charge >= 0.3 is 0 Å². The van der Waals surface area contributed by atoms with Crippen LogP contribution in [-0.4, -0.2) is 21.4 Å². The van der Waals surface area contributed by atoms with Crippen molar-refractivity contribution < 1.29 is 9.59 Å². The molecule has 1 N–H and O–H groups in total. The summed E-state index contributed by atoms with van der Waals surface area (Å²) < 4.78 is 1.33. The van der Waals surface area contributed by atoms with Crippen LogP contribution in [0.2, 0.25) is 0 Å². The molecule has 1 aromatic carbocycles. The number of nitrogens with zero attached hydrogens (tertiary/aromatic N) is 2. The molecule has 0 bridgehead atoms. The molecule has 6 heteroatoms. The number of hydrogen-bond donors (Lipinski definition) is 1. The summed E-state index contributed by atoms with van der Waals surface area (Å²) in [7, 11) is 0. The first-order valence-electron chi connectivity index (χ1n) is 6.88. The van der Waals surface area contributed by atoms with Crippen LogP contribution in [0.4, 0.5) is 0 Å². The predicted octanol–water partition coefficient (Wildman–Crippen LogP) is 1.07. The number of carbonyl (C=O) groups excluding carboxylic acids is 2. The highest BCUT2D eigenvalue weighted by atomic mass is 16.2. The number of aromatic nitrogens is 2. The number of amides is 2. The first kappa shape index (κ1) is 13.5. The summed E-state index contributed by atoms with van der Waals surface area (Å²) in [5.74, 6) is -0.728. The molecule has 0 radical (unpaired) electrons. The van der Waals surface area contributed by atoms with E-state index in [1.807, 2.05) is 13.0 Å². The van der Waals surface area contributed by atoms with Gasteiger partial charge in [0.15, 0.2) is 0 Å². The number of imide groups is 1. The lowest BCUT2D eigenvalue weighted by molar-refractivity contribution is -0.131. The van der Waals surface area contributed by atoms with Crippen LogP contribution < -0.4 is 10.9 Å². The standard InChI is InChI=1S/C15H15N3O3/c1-9-4-2-5-10-13(9)16-8-18(15(10)21)11-6-3-7-12(19)17-14(11)20/h2,4-5,8,11H,3,6-7H2,1H3,(H,17,19,20). The maximum Gasteiger partial charge on any atom is 0.261 e. The van der Waals surface area contributed by atoms with Gasteiger partial charge in [-0.25, -0.2) is 4.98 Å². The zero-order valence-electron chi connectivity index (χ0n) is 11.6. The average Bonchev–Trinajstić information content (AvgIpc) is 2.61. The molecule has 1 fully saturated rings. The summed E-state index contributed by atoms with van der Waals surface area (Å²) >= 11 is 0. The number of hydrogen-bond acceptors (Lipinski definition) is 4. The Balaban J connectivity index is 2.12. The maximum atomic E-state index is 12.6. The highest BCUT2D eigenvalue weighted by molar-refractivity contribution is 5.97. The van der Waals surface area contributed by atoms with Gasteiger partial charge in [0.1, 0.15) is 6.04 Å². The van der Waals surface area contributed by atoms with E-state index in [-0.39, 0.29) is 11.5 Å². The van der Waals surface area contributed by atoms with Crippen LogP contribution in [0.25, 0.3) is 10.9 Å². The molecule has 1 saturated heterocycles. The van der Waals surface area contributed by atoms with Gasteiger partial charge in [-0.2, -0.15) is 0 Å². The smallest absolute Gasteiger partial charge is 0.261 e. The molecule has 0 spiro atoms. The third-order valence-corrected chi connectivity index (χ3v) is 3.80. The third kappa shape index (κ3) is 2.33. The first-order chi connectivity index (χ1) is 10.1. The van der Waals surface area contributed by atoms with Crippen LogP contribution in [0.3, 0.4) is 0 Å². The fraction of sp³-hybridized carbons (Fsp3) is 0.333. The zero-order valence-corrected chi connectivity index (χ0v) is 11.6. The van der Waals surface area contributed by atoms with Crippen molar-refractivity contribution in [3.8, 4) is 0 Å². The molecule has 2 heterocycles. The second kappa shape index (κ2) is 5.12. The van der Waals surface area contributed by atoms with Gasteiger partial charge in [-0.1, -0.05) is 12.1 Å². The van der Waals surface area contributed by atoms with Gasteiger partial charge in [-0.3, -0.25) is 24.3 Å². The topological polar surface area (TPSA) is 81.1 Å². The van der Waals surface area contributed by atoms with Crippen LogP contribution in [0.1, 0.15) is 30.9 Å². The lowest BCUT2D eigenvalue weighted by Crippen LogP contribution is -2.38. The summed E-state index contributed by atoms with van der Waals surface area (Å²) in [5.41, 5.74) is 1.30. The van der Waals surface area contributed by atoms with Gasteiger partial charge in [0.25, 0.3) is 5.56 Å². The monoisotopic (exact) mass is 285 g/mol. The van der Waals surface area contributed by atoms with E-state index in [9.17, 15) is 14.4 Å². The minimum absolute atomic E-state index is 0.252. The normalized spacial score (nSPS) is 19.4. The number of aryl methyl sites for hydroxylation is 1. The number of rotatable bonds is 1. The van der Waals surface area contributed by atoms with Crippen LogP contribution in [-0.2, 0) is 9.59 Å². The lowest BCUT2D eigenvalue weighted by Gasteiger charge is -2.16. The van der Waals surface area contributed by atoms with E-state index < -0.39 is 11.9 Å². The van der Waals surface area contributed by atoms with Gasteiger partial charge in [0.05, 0.1) is 17.2 Å². The van der Waals surface area contributed by atoms with Crippen molar-refractivity contribution in [2.24, 2.45) is 0 Å². The summed E-state index contributed by atoms with van der Waals surface area (Å²) in [6.45, 7) is 1.89. The third-order valence-electron chi connectivity index (χ3n) is 3.80. The van der Waals surface area contributed by atoms with Gasteiger partial charge in [-0.15, -0.1) is 0 Å². The fourth-order valence-corrected chi connectivity index (χ4v) is 2.67. The van der Waals surface area contributed by atoms with Gasteiger partial charge in [-0.05, 0) is 31.4 Å². The Bertz CT molecular complexity index is 794. The molecule has 0 aliphatic carbocycles. The Morgan fingerprint density at radius 3 is 2.90 bits per heavy atom. The summed E-state index contributed by atoms with van der Waals surface area (Å²) in [6, 6.07) is 4.70. The highest BCUT2D eigenvalue weighted by Gasteiger charge is 2.27. The average molecular weight is 285 g/mol. The van der Waals surface area contributed by atoms with Crippen LogP contribution in [0.15, 0.2) is 29.3 Å². The number of nitrogens with one attached hydrogen (secondary N) is 1. The molecule has 1 aliphatic heterocycles. The molecule has 3 rings (SSSR count). The molecule has 6 nitrogen and oxygen atoms in total. The van der Waals surface area contributed by atoms with Crippen molar-refractivity contribution in [1.82, 2.24) is 14.9 Å². The zero-order chi connectivity index (χ0) is 15.0. The molecule has 21 heavy (non-hydrogen) atoms. The van der Waals surface area contributed by atoms with Crippen molar-refractivity contribution in [1.29, 1.82) is 0 Å². The molecule has 1 unspecified atom stereocenters. The van der Waals surface area contributed by atoms with Gasteiger partial charge in [0.2, 0.25) is 11.8 Å². The van der Waals surface area contributed by atoms with E-state index in [2.05, 4.69) is 10.3 Å². The number of fused-ring (bicyclic) bond motifs is 1. The second-order valence-corrected chi connectivity index (χ2v) is 5.25. The number of carbonyl (C=O) groups is 2. The Kier molecular flexibility index (Phi) is 3.29. The summed E-state index contributed by atoms with van der Waals surface area (Å²) in [4.78, 5) is 40.3. The maximum absolute atomic E-state index is 12.6.